The molecular weight excluding hydrogens is 266 g/mol. The molecule has 3 rings (SSSR count). The molecule has 6 heteroatoms. The van der Waals surface area contributed by atoms with E-state index in [0.29, 0.717) is 12.8 Å². The van der Waals surface area contributed by atoms with Crippen molar-refractivity contribution in [3.8, 4) is 0 Å². The monoisotopic (exact) mass is 280 g/mol. The Morgan fingerprint density at radius 3 is 2.60 bits per heavy atom. The van der Waals surface area contributed by atoms with Crippen LogP contribution in [-0.2, 0) is 11.3 Å². The summed E-state index contributed by atoms with van der Waals surface area (Å²) in [6.45, 7) is -0.0961. The van der Waals surface area contributed by atoms with Gasteiger partial charge in [-0.1, -0.05) is 25.0 Å². The Kier molecular flexibility index (Phi) is 2.96. The van der Waals surface area contributed by atoms with E-state index in [1.54, 1.807) is 0 Å². The van der Waals surface area contributed by atoms with Crippen molar-refractivity contribution in [1.82, 2.24) is 10.2 Å². The predicted octanol–water partition coefficient (Wildman–Crippen LogP) is 2.33. The van der Waals surface area contributed by atoms with Crippen molar-refractivity contribution in [3.63, 3.8) is 0 Å². The number of benzene rings is 1. The van der Waals surface area contributed by atoms with Gasteiger partial charge in [-0.2, -0.15) is 0 Å². The van der Waals surface area contributed by atoms with Gasteiger partial charge in [-0.3, -0.25) is 10.1 Å². The molecule has 1 saturated carbocycles. The lowest BCUT2D eigenvalue weighted by molar-refractivity contribution is -0.126. The first kappa shape index (κ1) is 13.0. The maximum absolute atomic E-state index is 13.7. The zero-order valence-corrected chi connectivity index (χ0v) is 10.8. The number of hydrogen-bond acceptors (Lipinski definition) is 2. The topological polar surface area (TPSA) is 49.4 Å². The Morgan fingerprint density at radius 2 is 1.90 bits per heavy atom. The Balaban J connectivity index is 1.94. The third-order valence-corrected chi connectivity index (χ3v) is 4.20. The third-order valence-electron chi connectivity index (χ3n) is 4.20. The van der Waals surface area contributed by atoms with Gasteiger partial charge in [0.05, 0.1) is 6.54 Å². The predicted molar refractivity (Wildman–Crippen MR) is 66.6 cm³/mol. The fraction of sp³-hybridized carbons (Fsp3) is 0.429. The standard InChI is InChI=1S/C14H14F2N2O2/c15-10-5-3-4-9(11(10)16)8-18-13(20)17-12(19)14(18)6-1-2-7-14/h3-5H,1-2,6-8H2,(H,17,19,20). The van der Waals surface area contributed by atoms with Crippen LogP contribution in [0.5, 0.6) is 0 Å². The van der Waals surface area contributed by atoms with Crippen molar-refractivity contribution < 1.29 is 18.4 Å². The minimum absolute atomic E-state index is 0.0844. The molecule has 1 aliphatic carbocycles. The molecule has 2 fully saturated rings. The van der Waals surface area contributed by atoms with Crippen LogP contribution < -0.4 is 5.32 Å². The number of halogens is 2. The summed E-state index contributed by atoms with van der Waals surface area (Å²) in [5.74, 6) is -2.24. The summed E-state index contributed by atoms with van der Waals surface area (Å²) < 4.78 is 27.0. The number of carbonyl (C=O) groups excluding carboxylic acids is 2. The zero-order valence-electron chi connectivity index (χ0n) is 10.8. The smallest absolute Gasteiger partial charge is 0.305 e. The summed E-state index contributed by atoms with van der Waals surface area (Å²) in [6, 6.07) is 3.32. The van der Waals surface area contributed by atoms with Crippen molar-refractivity contribution in [2.75, 3.05) is 0 Å². The zero-order chi connectivity index (χ0) is 14.3. The molecule has 3 amide bonds. The third kappa shape index (κ3) is 1.78. The molecule has 0 bridgehead atoms. The summed E-state index contributed by atoms with van der Waals surface area (Å²) in [5, 5.41) is 2.29. The van der Waals surface area contributed by atoms with E-state index >= 15 is 0 Å². The van der Waals surface area contributed by atoms with E-state index < -0.39 is 23.2 Å². The lowest BCUT2D eigenvalue weighted by Crippen LogP contribution is -2.47. The molecule has 4 nitrogen and oxygen atoms in total. The fourth-order valence-corrected chi connectivity index (χ4v) is 3.12. The van der Waals surface area contributed by atoms with Crippen LogP contribution in [0.4, 0.5) is 13.6 Å². The molecular formula is C14H14F2N2O2. The van der Waals surface area contributed by atoms with Crippen LogP contribution in [0.15, 0.2) is 18.2 Å². The second-order valence-corrected chi connectivity index (χ2v) is 5.30. The van der Waals surface area contributed by atoms with E-state index in [1.807, 2.05) is 0 Å². The fourth-order valence-electron chi connectivity index (χ4n) is 3.12. The van der Waals surface area contributed by atoms with Crippen LogP contribution in [0.3, 0.4) is 0 Å². The molecule has 0 unspecified atom stereocenters. The quantitative estimate of drug-likeness (QED) is 0.845. The van der Waals surface area contributed by atoms with E-state index in [-0.39, 0.29) is 18.0 Å². The van der Waals surface area contributed by atoms with Gasteiger partial charge in [-0.05, 0) is 18.9 Å². The maximum Gasteiger partial charge on any atom is 0.325 e. The average molecular weight is 280 g/mol. The molecule has 1 aromatic carbocycles. The van der Waals surface area contributed by atoms with E-state index in [4.69, 9.17) is 0 Å². The van der Waals surface area contributed by atoms with Crippen molar-refractivity contribution in [3.05, 3.63) is 35.4 Å². The van der Waals surface area contributed by atoms with Crippen LogP contribution >= 0.6 is 0 Å². The first-order valence-electron chi connectivity index (χ1n) is 6.60. The van der Waals surface area contributed by atoms with Gasteiger partial charge >= 0.3 is 6.03 Å². The summed E-state index contributed by atoms with van der Waals surface area (Å²) in [5.41, 5.74) is -0.795. The van der Waals surface area contributed by atoms with Gasteiger partial charge < -0.3 is 4.90 Å². The number of amides is 3. The number of nitrogens with zero attached hydrogens (tertiary/aromatic N) is 1. The summed E-state index contributed by atoms with van der Waals surface area (Å²) in [7, 11) is 0. The normalized spacial score (nSPS) is 20.8. The maximum atomic E-state index is 13.7. The van der Waals surface area contributed by atoms with E-state index in [0.717, 1.165) is 18.9 Å². The highest BCUT2D eigenvalue weighted by atomic mass is 19.2. The van der Waals surface area contributed by atoms with Crippen molar-refractivity contribution in [2.45, 2.75) is 37.8 Å². The molecule has 1 aliphatic heterocycles. The molecule has 1 heterocycles. The molecule has 20 heavy (non-hydrogen) atoms. The Labute approximate surface area is 114 Å². The van der Waals surface area contributed by atoms with Gasteiger partial charge in [0.1, 0.15) is 5.54 Å². The molecule has 2 aliphatic rings. The van der Waals surface area contributed by atoms with Crippen LogP contribution in [0, 0.1) is 11.6 Å². The molecule has 1 spiro atoms. The van der Waals surface area contributed by atoms with Crippen molar-refractivity contribution in [1.29, 1.82) is 0 Å². The van der Waals surface area contributed by atoms with Crippen LogP contribution in [-0.4, -0.2) is 22.4 Å². The molecule has 1 aromatic rings. The van der Waals surface area contributed by atoms with Gasteiger partial charge in [0.15, 0.2) is 11.6 Å². The first-order chi connectivity index (χ1) is 9.54. The Hall–Kier alpha value is -1.98. The Morgan fingerprint density at radius 1 is 1.20 bits per heavy atom. The number of imide groups is 1. The van der Waals surface area contributed by atoms with Crippen molar-refractivity contribution in [2.24, 2.45) is 0 Å². The molecule has 1 saturated heterocycles. The largest absolute Gasteiger partial charge is 0.325 e. The van der Waals surface area contributed by atoms with Gasteiger partial charge in [0.2, 0.25) is 0 Å². The highest BCUT2D eigenvalue weighted by Gasteiger charge is 2.54. The van der Waals surface area contributed by atoms with Gasteiger partial charge in [0, 0.05) is 5.56 Å². The lowest BCUT2D eigenvalue weighted by Gasteiger charge is -2.31. The average Bonchev–Trinajstić information content (AvgIpc) is 2.97. The van der Waals surface area contributed by atoms with Gasteiger partial charge in [-0.15, -0.1) is 0 Å². The second kappa shape index (κ2) is 4.54. The minimum atomic E-state index is -0.965. The number of rotatable bonds is 2. The summed E-state index contributed by atoms with van der Waals surface area (Å²) in [6.07, 6.45) is 2.84. The highest BCUT2D eigenvalue weighted by molar-refractivity contribution is 6.07. The van der Waals surface area contributed by atoms with E-state index in [2.05, 4.69) is 5.32 Å². The number of hydrogen-bond donors (Lipinski definition) is 1. The highest BCUT2D eigenvalue weighted by Crippen LogP contribution is 2.39. The summed E-state index contributed by atoms with van der Waals surface area (Å²) in [4.78, 5) is 25.3. The van der Waals surface area contributed by atoms with E-state index in [1.165, 1.54) is 17.0 Å². The summed E-state index contributed by atoms with van der Waals surface area (Å²) >= 11 is 0. The number of carbonyl (C=O) groups is 2. The minimum Gasteiger partial charge on any atom is -0.305 e. The Bertz CT molecular complexity index is 583. The lowest BCUT2D eigenvalue weighted by atomic mass is 9.95. The van der Waals surface area contributed by atoms with E-state index in [9.17, 15) is 18.4 Å². The van der Waals surface area contributed by atoms with Crippen LogP contribution in [0.25, 0.3) is 0 Å². The molecule has 106 valence electrons. The van der Waals surface area contributed by atoms with Crippen LogP contribution in [0.2, 0.25) is 0 Å². The SMILES string of the molecule is O=C1NC(=O)C2(CCCC2)N1Cc1cccc(F)c1F. The number of urea groups is 1. The second-order valence-electron chi connectivity index (χ2n) is 5.30. The first-order valence-corrected chi connectivity index (χ1v) is 6.60. The number of nitrogens with one attached hydrogen (secondary N) is 1. The molecule has 1 N–H and O–H groups in total. The van der Waals surface area contributed by atoms with Crippen LogP contribution in [0.1, 0.15) is 31.2 Å². The van der Waals surface area contributed by atoms with Gasteiger partial charge in [-0.25, -0.2) is 13.6 Å². The van der Waals surface area contributed by atoms with Gasteiger partial charge in [0.25, 0.3) is 5.91 Å². The molecule has 0 atom stereocenters. The molecule has 0 radical (unpaired) electrons. The molecule has 0 aromatic heterocycles. The van der Waals surface area contributed by atoms with Crippen molar-refractivity contribution >= 4 is 11.9 Å².